The summed E-state index contributed by atoms with van der Waals surface area (Å²) in [5.74, 6) is -0.543. The molecule has 18 heavy (non-hydrogen) atoms. The van der Waals surface area contributed by atoms with Gasteiger partial charge in [-0.3, -0.25) is 9.59 Å². The van der Waals surface area contributed by atoms with Gasteiger partial charge in [-0.25, -0.2) is 0 Å². The Morgan fingerprint density at radius 1 is 1.39 bits per heavy atom. The number of carbonyl (C=O) groups excluding carboxylic acids is 2. The Hall–Kier alpha value is -1.14. The predicted octanol–water partition coefficient (Wildman–Crippen LogP) is 0.248. The Labute approximate surface area is 107 Å². The number of ether oxygens (including phenoxy) is 3. The molecule has 1 heterocycles. The number of methoxy groups -OCH3 is 1. The van der Waals surface area contributed by atoms with Crippen LogP contribution in [-0.4, -0.2) is 51.0 Å². The van der Waals surface area contributed by atoms with E-state index in [0.29, 0.717) is 13.0 Å². The van der Waals surface area contributed by atoms with Crippen molar-refractivity contribution in [2.75, 3.05) is 20.8 Å². The van der Waals surface area contributed by atoms with Gasteiger partial charge >= 0.3 is 5.97 Å². The van der Waals surface area contributed by atoms with Gasteiger partial charge in [-0.1, -0.05) is 0 Å². The van der Waals surface area contributed by atoms with Crippen LogP contribution in [0.3, 0.4) is 0 Å². The molecule has 0 spiro atoms. The van der Waals surface area contributed by atoms with E-state index in [0.717, 1.165) is 0 Å². The lowest BCUT2D eigenvalue weighted by Gasteiger charge is -2.18. The van der Waals surface area contributed by atoms with Gasteiger partial charge in [-0.2, -0.15) is 0 Å². The van der Waals surface area contributed by atoms with Crippen LogP contribution in [0, 0.1) is 0 Å². The van der Waals surface area contributed by atoms with Crippen LogP contribution in [0.1, 0.15) is 26.2 Å². The number of amides is 1. The number of hydrogen-bond donors (Lipinski definition) is 1. The van der Waals surface area contributed by atoms with Crippen molar-refractivity contribution in [1.82, 2.24) is 5.32 Å². The van der Waals surface area contributed by atoms with Gasteiger partial charge < -0.3 is 19.5 Å². The summed E-state index contributed by atoms with van der Waals surface area (Å²) in [6.07, 6.45) is 0.463. The lowest BCUT2D eigenvalue weighted by atomic mass is 10.1. The minimum Gasteiger partial charge on any atom is -0.459 e. The SMILES string of the molecule is CNC(=O)CCC(=O)OC1C[C@H](C)O[C@@H]1COC. The highest BCUT2D eigenvalue weighted by atomic mass is 16.6. The summed E-state index contributed by atoms with van der Waals surface area (Å²) in [5, 5.41) is 2.46. The van der Waals surface area contributed by atoms with E-state index in [2.05, 4.69) is 5.32 Å². The molecule has 0 aliphatic carbocycles. The van der Waals surface area contributed by atoms with E-state index < -0.39 is 0 Å². The van der Waals surface area contributed by atoms with E-state index in [1.807, 2.05) is 6.92 Å². The zero-order valence-electron chi connectivity index (χ0n) is 11.1. The summed E-state index contributed by atoms with van der Waals surface area (Å²) >= 11 is 0. The summed E-state index contributed by atoms with van der Waals surface area (Å²) in [6.45, 7) is 2.33. The molecule has 1 N–H and O–H groups in total. The monoisotopic (exact) mass is 259 g/mol. The second-order valence-corrected chi connectivity index (χ2v) is 4.38. The maximum Gasteiger partial charge on any atom is 0.306 e. The molecule has 0 aromatic carbocycles. The molecule has 0 aromatic heterocycles. The highest BCUT2D eigenvalue weighted by Gasteiger charge is 2.35. The van der Waals surface area contributed by atoms with Crippen LogP contribution in [0.5, 0.6) is 0 Å². The van der Waals surface area contributed by atoms with E-state index in [-0.39, 0.29) is 43.0 Å². The number of carbonyl (C=O) groups is 2. The summed E-state index contributed by atoms with van der Waals surface area (Å²) in [6, 6.07) is 0. The Bertz CT molecular complexity index is 294. The highest BCUT2D eigenvalue weighted by molar-refractivity contribution is 5.81. The molecule has 1 amide bonds. The minimum atomic E-state index is -0.373. The molecule has 1 rings (SSSR count). The van der Waals surface area contributed by atoms with Gasteiger partial charge in [0, 0.05) is 27.0 Å². The third-order valence-electron chi connectivity index (χ3n) is 2.83. The third kappa shape index (κ3) is 4.62. The second kappa shape index (κ2) is 7.33. The fourth-order valence-corrected chi connectivity index (χ4v) is 1.92. The Morgan fingerprint density at radius 3 is 2.72 bits per heavy atom. The first-order chi connectivity index (χ1) is 8.56. The van der Waals surface area contributed by atoms with Crippen LogP contribution < -0.4 is 5.32 Å². The number of rotatable bonds is 6. The maximum atomic E-state index is 11.6. The molecule has 104 valence electrons. The van der Waals surface area contributed by atoms with E-state index in [4.69, 9.17) is 14.2 Å². The number of nitrogens with one attached hydrogen (secondary N) is 1. The number of hydrogen-bond acceptors (Lipinski definition) is 5. The molecule has 1 unspecified atom stereocenters. The average Bonchev–Trinajstić information content (AvgIpc) is 2.67. The largest absolute Gasteiger partial charge is 0.459 e. The van der Waals surface area contributed by atoms with Crippen LogP contribution in [0.25, 0.3) is 0 Å². The quantitative estimate of drug-likeness (QED) is 0.692. The first-order valence-corrected chi connectivity index (χ1v) is 6.11. The van der Waals surface area contributed by atoms with Crippen molar-refractivity contribution in [3.8, 4) is 0 Å². The predicted molar refractivity (Wildman–Crippen MR) is 64.0 cm³/mol. The topological polar surface area (TPSA) is 73.9 Å². The van der Waals surface area contributed by atoms with E-state index in [1.165, 1.54) is 7.05 Å². The maximum absolute atomic E-state index is 11.6. The molecular weight excluding hydrogens is 238 g/mol. The molecule has 0 bridgehead atoms. The summed E-state index contributed by atoms with van der Waals surface area (Å²) in [4.78, 5) is 22.6. The van der Waals surface area contributed by atoms with Crippen LogP contribution >= 0.6 is 0 Å². The summed E-state index contributed by atoms with van der Waals surface area (Å²) in [7, 11) is 3.12. The Kier molecular flexibility index (Phi) is 6.07. The number of esters is 1. The fraction of sp³-hybridized carbons (Fsp3) is 0.833. The molecule has 6 nitrogen and oxygen atoms in total. The Morgan fingerprint density at radius 2 is 2.11 bits per heavy atom. The van der Waals surface area contributed by atoms with Gasteiger partial charge in [0.05, 0.1) is 19.1 Å². The molecule has 1 fully saturated rings. The first kappa shape index (κ1) is 14.9. The summed E-state index contributed by atoms with van der Waals surface area (Å²) in [5.41, 5.74) is 0. The zero-order valence-corrected chi connectivity index (χ0v) is 11.1. The molecule has 3 atom stereocenters. The van der Waals surface area contributed by atoms with Crippen molar-refractivity contribution in [2.24, 2.45) is 0 Å². The van der Waals surface area contributed by atoms with Crippen LogP contribution in [-0.2, 0) is 23.8 Å². The highest BCUT2D eigenvalue weighted by Crippen LogP contribution is 2.23. The van der Waals surface area contributed by atoms with E-state index in [9.17, 15) is 9.59 Å². The summed E-state index contributed by atoms with van der Waals surface area (Å²) < 4.78 is 15.9. The van der Waals surface area contributed by atoms with Crippen molar-refractivity contribution in [3.05, 3.63) is 0 Å². The van der Waals surface area contributed by atoms with E-state index in [1.54, 1.807) is 7.11 Å². The van der Waals surface area contributed by atoms with Crippen molar-refractivity contribution in [2.45, 2.75) is 44.5 Å². The minimum absolute atomic E-state index is 0.0573. The van der Waals surface area contributed by atoms with Crippen LogP contribution in [0.2, 0.25) is 0 Å². The smallest absolute Gasteiger partial charge is 0.306 e. The normalized spacial score (nSPS) is 26.9. The Balaban J connectivity index is 2.35. The molecule has 0 saturated carbocycles. The molecule has 0 radical (unpaired) electrons. The fourth-order valence-electron chi connectivity index (χ4n) is 1.92. The van der Waals surface area contributed by atoms with Gasteiger partial charge in [-0.05, 0) is 6.92 Å². The average molecular weight is 259 g/mol. The molecule has 1 saturated heterocycles. The lowest BCUT2D eigenvalue weighted by Crippen LogP contribution is -2.31. The second-order valence-electron chi connectivity index (χ2n) is 4.38. The van der Waals surface area contributed by atoms with Gasteiger partial charge in [-0.15, -0.1) is 0 Å². The zero-order chi connectivity index (χ0) is 13.5. The molecular formula is C12H21NO5. The van der Waals surface area contributed by atoms with Gasteiger partial charge in [0.25, 0.3) is 0 Å². The molecule has 0 aromatic rings. The van der Waals surface area contributed by atoms with Crippen molar-refractivity contribution in [3.63, 3.8) is 0 Å². The molecule has 1 aliphatic rings. The van der Waals surface area contributed by atoms with Crippen LogP contribution in [0.15, 0.2) is 0 Å². The van der Waals surface area contributed by atoms with Crippen molar-refractivity contribution >= 4 is 11.9 Å². The first-order valence-electron chi connectivity index (χ1n) is 6.11. The molecule has 6 heteroatoms. The van der Waals surface area contributed by atoms with Crippen molar-refractivity contribution < 1.29 is 23.8 Å². The molecule has 1 aliphatic heterocycles. The standard InChI is InChI=1S/C12H21NO5/c1-8-6-9(10(17-8)7-16-3)18-12(15)5-4-11(14)13-2/h8-10H,4-7H2,1-3H3,(H,13,14)/t8-,9?,10+/m0/s1. The van der Waals surface area contributed by atoms with Gasteiger partial charge in [0.2, 0.25) is 5.91 Å². The lowest BCUT2D eigenvalue weighted by molar-refractivity contribution is -0.154. The van der Waals surface area contributed by atoms with E-state index >= 15 is 0 Å². The van der Waals surface area contributed by atoms with Crippen LogP contribution in [0.4, 0.5) is 0 Å². The van der Waals surface area contributed by atoms with Crippen molar-refractivity contribution in [1.29, 1.82) is 0 Å². The third-order valence-corrected chi connectivity index (χ3v) is 2.83. The van der Waals surface area contributed by atoms with Gasteiger partial charge in [0.15, 0.2) is 0 Å². The van der Waals surface area contributed by atoms with Gasteiger partial charge in [0.1, 0.15) is 12.2 Å².